The molecule has 0 aliphatic rings. The highest BCUT2D eigenvalue weighted by Gasteiger charge is 2.16. The van der Waals surface area contributed by atoms with Gasteiger partial charge in [-0.05, 0) is 45.6 Å². The Morgan fingerprint density at radius 3 is 2.38 bits per heavy atom. The summed E-state index contributed by atoms with van der Waals surface area (Å²) >= 11 is 9.52. The molecule has 110 valence electrons. The smallest absolute Gasteiger partial charge is 0.255 e. The average Bonchev–Trinajstić information content (AvgIpc) is 2.50. The van der Waals surface area contributed by atoms with Gasteiger partial charge in [0, 0.05) is 18.1 Å². The van der Waals surface area contributed by atoms with Gasteiger partial charge in [0.15, 0.2) is 0 Å². The van der Waals surface area contributed by atoms with Gasteiger partial charge in [0.25, 0.3) is 5.91 Å². The summed E-state index contributed by atoms with van der Waals surface area (Å²) in [5, 5.41) is 0.454. The van der Waals surface area contributed by atoms with Crippen LogP contribution < -0.4 is 0 Å². The van der Waals surface area contributed by atoms with Crippen LogP contribution in [0, 0.1) is 0 Å². The molecular weight excluding hydrogens is 350 g/mol. The van der Waals surface area contributed by atoms with Crippen molar-refractivity contribution in [1.29, 1.82) is 0 Å². The molecule has 2 nitrogen and oxygen atoms in total. The number of carbonyl (C=O) groups is 1. The lowest BCUT2D eigenvalue weighted by molar-refractivity contribution is 0.0785. The molecule has 0 spiro atoms. The quantitative estimate of drug-likeness (QED) is 0.750. The fourth-order valence-corrected chi connectivity index (χ4v) is 2.67. The molecule has 0 aliphatic carbocycles. The molecule has 0 bridgehead atoms. The highest BCUT2D eigenvalue weighted by atomic mass is 79.9. The van der Waals surface area contributed by atoms with Gasteiger partial charge < -0.3 is 4.90 Å². The van der Waals surface area contributed by atoms with E-state index in [1.54, 1.807) is 18.0 Å². The van der Waals surface area contributed by atoms with Gasteiger partial charge in [0.1, 0.15) is 0 Å². The summed E-state index contributed by atoms with van der Waals surface area (Å²) in [6.45, 7) is 2.69. The largest absolute Gasteiger partial charge is 0.337 e. The van der Waals surface area contributed by atoms with Crippen LogP contribution in [0.1, 0.15) is 28.4 Å². The minimum atomic E-state index is -0.0825. The number of benzene rings is 2. The number of amides is 1. The van der Waals surface area contributed by atoms with Gasteiger partial charge in [-0.3, -0.25) is 4.79 Å². The topological polar surface area (TPSA) is 20.3 Å². The Balaban J connectivity index is 2.13. The standard InChI is InChI=1S/C17H17BrClNO/c1-3-12-7-9-13(10-8-12)11-20(2)17(21)14-5-4-6-15(18)16(14)19/h4-10H,3,11H2,1-2H3. The van der Waals surface area contributed by atoms with E-state index in [9.17, 15) is 4.79 Å². The van der Waals surface area contributed by atoms with Crippen LogP contribution in [0.2, 0.25) is 5.02 Å². The van der Waals surface area contributed by atoms with Crippen molar-refractivity contribution in [2.45, 2.75) is 19.9 Å². The maximum absolute atomic E-state index is 12.5. The van der Waals surface area contributed by atoms with E-state index in [1.807, 2.05) is 12.1 Å². The van der Waals surface area contributed by atoms with Crippen molar-refractivity contribution in [3.05, 3.63) is 68.7 Å². The van der Waals surface area contributed by atoms with Gasteiger partial charge >= 0.3 is 0 Å². The van der Waals surface area contributed by atoms with Crippen molar-refractivity contribution < 1.29 is 4.79 Å². The van der Waals surface area contributed by atoms with Crippen LogP contribution in [-0.4, -0.2) is 17.9 Å². The fourth-order valence-electron chi connectivity index (χ4n) is 2.10. The minimum absolute atomic E-state index is 0.0825. The monoisotopic (exact) mass is 365 g/mol. The summed E-state index contributed by atoms with van der Waals surface area (Å²) in [6, 6.07) is 13.7. The normalized spacial score (nSPS) is 10.5. The second-order valence-electron chi connectivity index (χ2n) is 4.93. The van der Waals surface area contributed by atoms with E-state index in [1.165, 1.54) is 5.56 Å². The first-order valence-electron chi connectivity index (χ1n) is 6.80. The number of aryl methyl sites for hydroxylation is 1. The molecule has 0 atom stereocenters. The van der Waals surface area contributed by atoms with E-state index in [-0.39, 0.29) is 5.91 Å². The first-order chi connectivity index (χ1) is 10.0. The molecule has 21 heavy (non-hydrogen) atoms. The lowest BCUT2D eigenvalue weighted by Gasteiger charge is -2.18. The van der Waals surface area contributed by atoms with Gasteiger partial charge in [-0.1, -0.05) is 48.9 Å². The number of hydrogen-bond donors (Lipinski definition) is 0. The number of hydrogen-bond acceptors (Lipinski definition) is 1. The molecule has 0 unspecified atom stereocenters. The van der Waals surface area contributed by atoms with Gasteiger partial charge in [0.2, 0.25) is 0 Å². The number of halogens is 2. The van der Waals surface area contributed by atoms with Crippen molar-refractivity contribution >= 4 is 33.4 Å². The van der Waals surface area contributed by atoms with Crippen LogP contribution in [0.15, 0.2) is 46.9 Å². The van der Waals surface area contributed by atoms with Crippen LogP contribution in [-0.2, 0) is 13.0 Å². The molecule has 1 amide bonds. The second-order valence-corrected chi connectivity index (χ2v) is 6.16. The SMILES string of the molecule is CCc1ccc(CN(C)C(=O)c2cccc(Br)c2Cl)cc1. The third-order valence-electron chi connectivity index (χ3n) is 3.38. The average molecular weight is 367 g/mol. The molecule has 2 rings (SSSR count). The zero-order valence-corrected chi connectivity index (χ0v) is 14.4. The van der Waals surface area contributed by atoms with Crippen molar-refractivity contribution in [1.82, 2.24) is 4.90 Å². The molecule has 4 heteroatoms. The van der Waals surface area contributed by atoms with E-state index in [0.29, 0.717) is 17.1 Å². The van der Waals surface area contributed by atoms with E-state index < -0.39 is 0 Å². The molecule has 0 saturated carbocycles. The fraction of sp³-hybridized carbons (Fsp3) is 0.235. The number of rotatable bonds is 4. The third kappa shape index (κ3) is 3.86. The van der Waals surface area contributed by atoms with E-state index in [4.69, 9.17) is 11.6 Å². The maximum atomic E-state index is 12.5. The molecule has 2 aromatic carbocycles. The summed E-state index contributed by atoms with van der Waals surface area (Å²) in [7, 11) is 1.79. The predicted octanol–water partition coefficient (Wildman–Crippen LogP) is 4.94. The Morgan fingerprint density at radius 2 is 1.76 bits per heavy atom. The Morgan fingerprint density at radius 1 is 1.14 bits per heavy atom. The summed E-state index contributed by atoms with van der Waals surface area (Å²) in [4.78, 5) is 14.1. The molecule has 0 saturated heterocycles. The van der Waals surface area contributed by atoms with Gasteiger partial charge in [-0.25, -0.2) is 0 Å². The van der Waals surface area contributed by atoms with Crippen LogP contribution in [0.3, 0.4) is 0 Å². The molecule has 0 heterocycles. The Kier molecular flexibility index (Phi) is 5.43. The molecule has 0 fully saturated rings. The Hall–Kier alpha value is -1.32. The van der Waals surface area contributed by atoms with Crippen molar-refractivity contribution in [3.63, 3.8) is 0 Å². The van der Waals surface area contributed by atoms with Crippen molar-refractivity contribution in [2.24, 2.45) is 0 Å². The summed E-state index contributed by atoms with van der Waals surface area (Å²) in [6.07, 6.45) is 1.02. The zero-order valence-electron chi connectivity index (χ0n) is 12.1. The van der Waals surface area contributed by atoms with E-state index >= 15 is 0 Å². The molecule has 0 radical (unpaired) electrons. The first kappa shape index (κ1) is 16.1. The molecular formula is C17H17BrClNO. The number of nitrogens with zero attached hydrogens (tertiary/aromatic N) is 1. The zero-order chi connectivity index (χ0) is 15.4. The predicted molar refractivity (Wildman–Crippen MR) is 90.8 cm³/mol. The van der Waals surface area contributed by atoms with Crippen molar-refractivity contribution in [2.75, 3.05) is 7.05 Å². The second kappa shape index (κ2) is 7.10. The molecule has 0 N–H and O–H groups in total. The van der Waals surface area contributed by atoms with Crippen LogP contribution in [0.5, 0.6) is 0 Å². The maximum Gasteiger partial charge on any atom is 0.255 e. The first-order valence-corrected chi connectivity index (χ1v) is 7.97. The van der Waals surface area contributed by atoms with Crippen LogP contribution in [0.25, 0.3) is 0 Å². The highest BCUT2D eigenvalue weighted by Crippen LogP contribution is 2.27. The number of carbonyl (C=O) groups excluding carboxylic acids is 1. The lowest BCUT2D eigenvalue weighted by atomic mass is 10.1. The molecule has 0 aromatic heterocycles. The van der Waals surface area contributed by atoms with Crippen LogP contribution in [0.4, 0.5) is 0 Å². The Bertz CT molecular complexity index is 640. The van der Waals surface area contributed by atoms with Crippen LogP contribution >= 0.6 is 27.5 Å². The summed E-state index contributed by atoms with van der Waals surface area (Å²) in [5.74, 6) is -0.0825. The third-order valence-corrected chi connectivity index (χ3v) is 4.68. The van der Waals surface area contributed by atoms with Gasteiger partial charge in [-0.15, -0.1) is 0 Å². The lowest BCUT2D eigenvalue weighted by Crippen LogP contribution is -2.26. The summed E-state index contributed by atoms with van der Waals surface area (Å²) < 4.78 is 0.732. The minimum Gasteiger partial charge on any atom is -0.337 e. The van der Waals surface area contributed by atoms with Gasteiger partial charge in [-0.2, -0.15) is 0 Å². The van der Waals surface area contributed by atoms with Gasteiger partial charge in [0.05, 0.1) is 10.6 Å². The molecule has 2 aromatic rings. The summed E-state index contributed by atoms with van der Waals surface area (Å²) in [5.41, 5.74) is 2.91. The molecule has 0 aliphatic heterocycles. The Labute approximate surface area is 138 Å². The van der Waals surface area contributed by atoms with E-state index in [2.05, 4.69) is 47.1 Å². The van der Waals surface area contributed by atoms with Crippen molar-refractivity contribution in [3.8, 4) is 0 Å². The van der Waals surface area contributed by atoms with E-state index in [0.717, 1.165) is 16.5 Å². The highest BCUT2D eigenvalue weighted by molar-refractivity contribution is 9.10.